The standard InChI is InChI=1S/C20H13ClN2O5S/c1-27-15-8-10(6-7-12(15)21)11-9-29-19(16(11)20(25)26)23-17(24)18-22-13-4-2-3-5-14(13)28-18/h2-9H,1H3,(H,23,24)(H,25,26). The molecule has 0 aliphatic carbocycles. The lowest BCUT2D eigenvalue weighted by molar-refractivity contribution is 0.0699. The van der Waals surface area contributed by atoms with Crippen molar-refractivity contribution < 1.29 is 23.8 Å². The second-order valence-electron chi connectivity index (χ2n) is 5.95. The summed E-state index contributed by atoms with van der Waals surface area (Å²) >= 11 is 7.14. The molecule has 0 saturated carbocycles. The fourth-order valence-corrected chi connectivity index (χ4v) is 3.98. The molecule has 29 heavy (non-hydrogen) atoms. The number of methoxy groups -OCH3 is 1. The number of rotatable bonds is 5. The van der Waals surface area contributed by atoms with Crippen LogP contribution in [-0.2, 0) is 0 Å². The molecule has 0 spiro atoms. The normalized spacial score (nSPS) is 10.8. The van der Waals surface area contributed by atoms with E-state index in [0.717, 1.165) is 11.3 Å². The van der Waals surface area contributed by atoms with E-state index in [1.807, 2.05) is 0 Å². The zero-order valence-electron chi connectivity index (χ0n) is 14.9. The predicted molar refractivity (Wildman–Crippen MR) is 110 cm³/mol. The number of benzene rings is 2. The molecule has 0 atom stereocenters. The number of carbonyl (C=O) groups is 2. The predicted octanol–water partition coefficient (Wildman–Crippen LogP) is 5.17. The van der Waals surface area contributed by atoms with Crippen molar-refractivity contribution in [2.24, 2.45) is 0 Å². The van der Waals surface area contributed by atoms with Gasteiger partial charge in [-0.3, -0.25) is 4.79 Å². The smallest absolute Gasteiger partial charge is 0.339 e. The van der Waals surface area contributed by atoms with Gasteiger partial charge in [-0.1, -0.05) is 29.8 Å². The molecule has 2 aromatic carbocycles. The van der Waals surface area contributed by atoms with Crippen LogP contribution < -0.4 is 10.1 Å². The molecule has 146 valence electrons. The van der Waals surface area contributed by atoms with E-state index >= 15 is 0 Å². The Hall–Kier alpha value is -3.36. The van der Waals surface area contributed by atoms with Gasteiger partial charge >= 0.3 is 11.9 Å². The van der Waals surface area contributed by atoms with E-state index in [9.17, 15) is 14.7 Å². The third-order valence-corrected chi connectivity index (χ3v) is 5.39. The third-order valence-electron chi connectivity index (χ3n) is 4.18. The number of carboxylic acids is 1. The average molecular weight is 429 g/mol. The summed E-state index contributed by atoms with van der Waals surface area (Å²) in [5.74, 6) is -1.54. The molecule has 0 aliphatic rings. The second-order valence-corrected chi connectivity index (χ2v) is 7.24. The molecule has 1 amide bonds. The summed E-state index contributed by atoms with van der Waals surface area (Å²) in [7, 11) is 1.47. The Labute approximate surface area is 173 Å². The fraction of sp³-hybridized carbons (Fsp3) is 0.0500. The zero-order chi connectivity index (χ0) is 20.5. The SMILES string of the molecule is COc1cc(-c2csc(NC(=O)c3nc4ccccc4o3)c2C(=O)O)ccc1Cl. The van der Waals surface area contributed by atoms with Gasteiger partial charge in [-0.2, -0.15) is 0 Å². The number of hydrogen-bond donors (Lipinski definition) is 2. The van der Waals surface area contributed by atoms with E-state index < -0.39 is 11.9 Å². The van der Waals surface area contributed by atoms with Gasteiger partial charge < -0.3 is 19.6 Å². The number of aromatic carboxylic acids is 1. The zero-order valence-corrected chi connectivity index (χ0v) is 16.5. The molecule has 0 radical (unpaired) electrons. The lowest BCUT2D eigenvalue weighted by Crippen LogP contribution is -2.13. The number of carbonyl (C=O) groups excluding carboxylic acids is 1. The van der Waals surface area contributed by atoms with Crippen molar-refractivity contribution in [2.75, 3.05) is 12.4 Å². The Morgan fingerprint density at radius 1 is 1.24 bits per heavy atom. The van der Waals surface area contributed by atoms with Crippen LogP contribution >= 0.6 is 22.9 Å². The van der Waals surface area contributed by atoms with Gasteiger partial charge in [0.25, 0.3) is 5.89 Å². The van der Waals surface area contributed by atoms with Crippen LogP contribution in [0.25, 0.3) is 22.2 Å². The van der Waals surface area contributed by atoms with Gasteiger partial charge in [0.05, 0.1) is 12.1 Å². The first kappa shape index (κ1) is 19.0. The molecule has 7 nitrogen and oxygen atoms in total. The van der Waals surface area contributed by atoms with Crippen molar-refractivity contribution in [3.63, 3.8) is 0 Å². The highest BCUT2D eigenvalue weighted by Gasteiger charge is 2.24. The molecule has 4 aromatic rings. The first-order valence-electron chi connectivity index (χ1n) is 8.33. The number of fused-ring (bicyclic) bond motifs is 1. The molecule has 2 heterocycles. The van der Waals surface area contributed by atoms with E-state index in [4.69, 9.17) is 20.8 Å². The Morgan fingerprint density at radius 2 is 2.03 bits per heavy atom. The number of halogens is 1. The molecule has 2 N–H and O–H groups in total. The molecule has 2 aromatic heterocycles. The number of amides is 1. The first-order chi connectivity index (χ1) is 14.0. The van der Waals surface area contributed by atoms with Crippen molar-refractivity contribution >= 4 is 50.9 Å². The Bertz CT molecular complexity index is 1210. The fourth-order valence-electron chi connectivity index (χ4n) is 2.83. The number of anilines is 1. The minimum absolute atomic E-state index is 0.0381. The third kappa shape index (κ3) is 3.55. The topological polar surface area (TPSA) is 102 Å². The maximum absolute atomic E-state index is 12.6. The highest BCUT2D eigenvalue weighted by Crippen LogP contribution is 2.38. The van der Waals surface area contributed by atoms with Crippen LogP contribution in [0.1, 0.15) is 21.0 Å². The summed E-state index contributed by atoms with van der Waals surface area (Å²) in [5.41, 5.74) is 2.00. The Balaban J connectivity index is 1.69. The van der Waals surface area contributed by atoms with E-state index in [2.05, 4.69) is 10.3 Å². The molecule has 4 rings (SSSR count). The number of para-hydroxylation sites is 2. The van der Waals surface area contributed by atoms with Crippen LogP contribution in [0.2, 0.25) is 5.02 Å². The average Bonchev–Trinajstić information content (AvgIpc) is 3.32. The number of carboxylic acid groups (broad SMARTS) is 1. The molecular weight excluding hydrogens is 416 g/mol. The van der Waals surface area contributed by atoms with Gasteiger partial charge in [-0.25, -0.2) is 9.78 Å². The van der Waals surface area contributed by atoms with Gasteiger partial charge in [0.2, 0.25) is 0 Å². The Kier molecular flexibility index (Phi) is 4.96. The van der Waals surface area contributed by atoms with Crippen LogP contribution in [0.5, 0.6) is 5.75 Å². The molecule has 9 heteroatoms. The van der Waals surface area contributed by atoms with Crippen molar-refractivity contribution in [3.8, 4) is 16.9 Å². The maximum Gasteiger partial charge on any atom is 0.339 e. The van der Waals surface area contributed by atoms with Gasteiger partial charge in [0.15, 0.2) is 5.58 Å². The number of ether oxygens (including phenoxy) is 1. The van der Waals surface area contributed by atoms with Gasteiger partial charge in [0, 0.05) is 10.9 Å². The second kappa shape index (κ2) is 7.57. The highest BCUT2D eigenvalue weighted by molar-refractivity contribution is 7.15. The minimum Gasteiger partial charge on any atom is -0.495 e. The van der Waals surface area contributed by atoms with Crippen molar-refractivity contribution in [1.82, 2.24) is 4.98 Å². The van der Waals surface area contributed by atoms with E-state index in [1.165, 1.54) is 7.11 Å². The highest BCUT2D eigenvalue weighted by atomic mass is 35.5. The first-order valence-corrected chi connectivity index (χ1v) is 9.59. The number of aromatic nitrogens is 1. The van der Waals surface area contributed by atoms with Crippen molar-refractivity contribution in [3.05, 3.63) is 64.3 Å². The van der Waals surface area contributed by atoms with E-state index in [-0.39, 0.29) is 16.5 Å². The summed E-state index contributed by atoms with van der Waals surface area (Å²) in [6.07, 6.45) is 0. The molecule has 0 unspecified atom stereocenters. The lowest BCUT2D eigenvalue weighted by Gasteiger charge is -2.07. The molecule has 0 bridgehead atoms. The van der Waals surface area contributed by atoms with Crippen molar-refractivity contribution in [2.45, 2.75) is 0 Å². The molecule has 0 fully saturated rings. The number of hydrogen-bond acceptors (Lipinski definition) is 6. The maximum atomic E-state index is 12.6. The van der Waals surface area contributed by atoms with Gasteiger partial charge in [0.1, 0.15) is 21.8 Å². The number of nitrogens with one attached hydrogen (secondary N) is 1. The summed E-state index contributed by atoms with van der Waals surface area (Å²) in [6, 6.07) is 11.9. The lowest BCUT2D eigenvalue weighted by atomic mass is 10.0. The summed E-state index contributed by atoms with van der Waals surface area (Å²) in [6.45, 7) is 0. The van der Waals surface area contributed by atoms with Crippen LogP contribution in [0.15, 0.2) is 52.3 Å². The largest absolute Gasteiger partial charge is 0.495 e. The summed E-state index contributed by atoms with van der Waals surface area (Å²) in [4.78, 5) is 28.6. The number of thiophene rings is 1. The monoisotopic (exact) mass is 428 g/mol. The molecule has 0 aliphatic heterocycles. The quantitative estimate of drug-likeness (QED) is 0.454. The van der Waals surface area contributed by atoms with Crippen LogP contribution in [-0.4, -0.2) is 29.1 Å². The number of oxazole rings is 1. The number of nitrogens with zero attached hydrogens (tertiary/aromatic N) is 1. The van der Waals surface area contributed by atoms with Gasteiger partial charge in [-0.05, 0) is 29.8 Å². The molecular formula is C20H13ClN2O5S. The summed E-state index contributed by atoms with van der Waals surface area (Å²) < 4.78 is 10.6. The Morgan fingerprint density at radius 3 is 2.76 bits per heavy atom. The van der Waals surface area contributed by atoms with Gasteiger partial charge in [-0.15, -0.1) is 11.3 Å². The van der Waals surface area contributed by atoms with E-state index in [1.54, 1.807) is 47.8 Å². The van der Waals surface area contributed by atoms with Crippen LogP contribution in [0.3, 0.4) is 0 Å². The van der Waals surface area contributed by atoms with Crippen molar-refractivity contribution in [1.29, 1.82) is 0 Å². The minimum atomic E-state index is -1.18. The van der Waals surface area contributed by atoms with E-state index in [0.29, 0.717) is 33.0 Å². The molecule has 0 saturated heterocycles. The van der Waals surface area contributed by atoms with Crippen LogP contribution in [0.4, 0.5) is 5.00 Å². The summed E-state index contributed by atoms with van der Waals surface area (Å²) in [5, 5.41) is 14.6. The van der Waals surface area contributed by atoms with Crippen LogP contribution in [0, 0.1) is 0 Å².